The van der Waals surface area contributed by atoms with Crippen LogP contribution in [0.3, 0.4) is 0 Å². The number of unbranched alkanes of at least 4 members (excludes halogenated alkanes) is 2. The van der Waals surface area contributed by atoms with E-state index in [1.807, 2.05) is 12.2 Å². The summed E-state index contributed by atoms with van der Waals surface area (Å²) in [5.74, 6) is -0.107. The van der Waals surface area contributed by atoms with Gasteiger partial charge in [-0.3, -0.25) is 4.79 Å². The van der Waals surface area contributed by atoms with E-state index in [0.29, 0.717) is 16.9 Å². The van der Waals surface area contributed by atoms with E-state index >= 15 is 0 Å². The van der Waals surface area contributed by atoms with Gasteiger partial charge in [-0.1, -0.05) is 31.9 Å². The predicted octanol–water partition coefficient (Wildman–Crippen LogP) is 0.946. The van der Waals surface area contributed by atoms with Gasteiger partial charge in [0.15, 0.2) is 0 Å². The smallest absolute Gasteiger partial charge is 0.295 e. The number of carbonyl (C=O) groups is 1. The van der Waals surface area contributed by atoms with Crippen molar-refractivity contribution in [2.45, 2.75) is 32.6 Å². The van der Waals surface area contributed by atoms with Gasteiger partial charge in [0.25, 0.3) is 5.97 Å². The Balaban J connectivity index is 3.22. The normalized spacial score (nSPS) is 10.6. The predicted molar refractivity (Wildman–Crippen MR) is 49.3 cm³/mol. The lowest BCUT2D eigenvalue weighted by atomic mass is 10.2. The molecule has 0 amide bonds. The van der Waals surface area contributed by atoms with Crippen LogP contribution in [0, 0.1) is 0 Å². The minimum Gasteiger partial charge on any atom is -0.529 e. The molecule has 0 aliphatic carbocycles. The molecule has 0 N–H and O–H groups in total. The molecule has 0 bridgehead atoms. The molecule has 0 heterocycles. The Hall–Kier alpha value is -0.573. The molecule has 0 aromatic rings. The third-order valence-corrected chi connectivity index (χ3v) is 1.86. The Bertz CT molecular complexity index is 132. The van der Waals surface area contributed by atoms with E-state index in [9.17, 15) is 4.79 Å². The molecule has 0 rings (SSSR count). The molecule has 0 fully saturated rings. The summed E-state index contributed by atoms with van der Waals surface area (Å²) < 4.78 is 4.61. The van der Waals surface area contributed by atoms with Crippen LogP contribution in [0.5, 0.6) is 0 Å². The maximum atomic E-state index is 10.6. The number of rotatable bonds is 5. The Kier molecular flexibility index (Phi) is 7.14. The summed E-state index contributed by atoms with van der Waals surface area (Å²) in [7, 11) is 0.509. The van der Waals surface area contributed by atoms with Crippen molar-refractivity contribution >= 4 is 16.5 Å². The second kappa shape index (κ2) is 7.53. The highest BCUT2D eigenvalue weighted by atomic mass is 28.2. The van der Waals surface area contributed by atoms with Gasteiger partial charge in [-0.25, -0.2) is 0 Å². The van der Waals surface area contributed by atoms with Gasteiger partial charge in [0.05, 0.1) is 6.42 Å². The van der Waals surface area contributed by atoms with E-state index in [-0.39, 0.29) is 5.97 Å². The maximum Gasteiger partial charge on any atom is 0.295 e. The lowest BCUT2D eigenvalue weighted by Gasteiger charge is -1.92. The number of hydrogen-bond donors (Lipinski definition) is 0. The zero-order valence-corrected chi connectivity index (χ0v) is 9.30. The summed E-state index contributed by atoms with van der Waals surface area (Å²) in [6, 6.07) is 0. The van der Waals surface area contributed by atoms with Crippen LogP contribution in [0.1, 0.15) is 32.6 Å². The van der Waals surface area contributed by atoms with Crippen molar-refractivity contribution in [2.75, 3.05) is 0 Å². The molecule has 0 aromatic carbocycles. The SMILES string of the molecule is CCCCC=CCC(=O)O[SiH3]. The fourth-order valence-corrected chi connectivity index (χ4v) is 0.869. The van der Waals surface area contributed by atoms with Crippen molar-refractivity contribution in [1.29, 1.82) is 0 Å². The first kappa shape index (κ1) is 10.4. The van der Waals surface area contributed by atoms with E-state index in [4.69, 9.17) is 0 Å². The maximum absolute atomic E-state index is 10.6. The van der Waals surface area contributed by atoms with Gasteiger partial charge in [0.2, 0.25) is 10.5 Å². The van der Waals surface area contributed by atoms with Crippen molar-refractivity contribution < 1.29 is 9.22 Å². The zero-order chi connectivity index (χ0) is 8.53. The number of allylic oxidation sites excluding steroid dienone is 1. The molecule has 0 aromatic heterocycles. The molecule has 64 valence electrons. The molecular weight excluding hydrogens is 156 g/mol. The van der Waals surface area contributed by atoms with Crippen LogP contribution in [0.15, 0.2) is 12.2 Å². The summed E-state index contributed by atoms with van der Waals surface area (Å²) in [4.78, 5) is 10.6. The summed E-state index contributed by atoms with van der Waals surface area (Å²) in [5, 5.41) is 0. The lowest BCUT2D eigenvalue weighted by molar-refractivity contribution is -0.133. The van der Waals surface area contributed by atoms with Crippen LogP contribution in [0.2, 0.25) is 0 Å². The standard InChI is InChI=1S/C8H16O2Si/c1-2-3-4-5-6-7-8(9)10-11/h5-6H,2-4,7H2,1,11H3. The lowest BCUT2D eigenvalue weighted by Crippen LogP contribution is -1.97. The van der Waals surface area contributed by atoms with E-state index in [0.717, 1.165) is 6.42 Å². The first-order valence-corrected chi connectivity index (χ1v) is 4.84. The van der Waals surface area contributed by atoms with Crippen LogP contribution >= 0.6 is 0 Å². The summed E-state index contributed by atoms with van der Waals surface area (Å²) in [5.41, 5.74) is 0. The molecule has 11 heavy (non-hydrogen) atoms. The van der Waals surface area contributed by atoms with Crippen molar-refractivity contribution in [3.63, 3.8) is 0 Å². The molecular formula is C8H16O2Si. The fourth-order valence-electron chi connectivity index (χ4n) is 0.703. The average molecular weight is 172 g/mol. The number of carbonyl (C=O) groups excluding carboxylic acids is 1. The van der Waals surface area contributed by atoms with Gasteiger partial charge in [0, 0.05) is 0 Å². The first-order valence-electron chi connectivity index (χ1n) is 4.03. The summed E-state index contributed by atoms with van der Waals surface area (Å²) >= 11 is 0. The van der Waals surface area contributed by atoms with Gasteiger partial charge < -0.3 is 4.43 Å². The van der Waals surface area contributed by atoms with Crippen LogP contribution < -0.4 is 0 Å². The van der Waals surface area contributed by atoms with E-state index < -0.39 is 0 Å². The van der Waals surface area contributed by atoms with Crippen molar-refractivity contribution in [3.8, 4) is 0 Å². The Morgan fingerprint density at radius 3 is 2.82 bits per heavy atom. The molecule has 0 aliphatic heterocycles. The molecule has 0 saturated carbocycles. The van der Waals surface area contributed by atoms with Gasteiger partial charge in [-0.15, -0.1) is 0 Å². The van der Waals surface area contributed by atoms with E-state index in [1.165, 1.54) is 12.8 Å². The molecule has 2 nitrogen and oxygen atoms in total. The van der Waals surface area contributed by atoms with Gasteiger partial charge in [0.1, 0.15) is 0 Å². The van der Waals surface area contributed by atoms with Crippen molar-refractivity contribution in [2.24, 2.45) is 0 Å². The minimum atomic E-state index is -0.107. The highest BCUT2D eigenvalue weighted by Crippen LogP contribution is 1.96. The fraction of sp³-hybridized carbons (Fsp3) is 0.625. The highest BCUT2D eigenvalue weighted by Gasteiger charge is 1.91. The highest BCUT2D eigenvalue weighted by molar-refractivity contribution is 6.05. The molecule has 0 aliphatic rings. The third kappa shape index (κ3) is 7.32. The van der Waals surface area contributed by atoms with E-state index in [2.05, 4.69) is 11.3 Å². The zero-order valence-electron chi connectivity index (χ0n) is 7.30. The van der Waals surface area contributed by atoms with Crippen molar-refractivity contribution in [1.82, 2.24) is 0 Å². The quantitative estimate of drug-likeness (QED) is 0.350. The van der Waals surface area contributed by atoms with E-state index in [1.54, 1.807) is 0 Å². The monoisotopic (exact) mass is 172 g/mol. The topological polar surface area (TPSA) is 26.3 Å². The average Bonchev–Trinajstić information content (AvgIpc) is 2.04. The second-order valence-corrected chi connectivity index (χ2v) is 2.80. The minimum absolute atomic E-state index is 0.107. The van der Waals surface area contributed by atoms with Crippen molar-refractivity contribution in [3.05, 3.63) is 12.2 Å². The van der Waals surface area contributed by atoms with Crippen LogP contribution in [0.4, 0.5) is 0 Å². The molecule has 0 saturated heterocycles. The second-order valence-electron chi connectivity index (χ2n) is 2.39. The Morgan fingerprint density at radius 1 is 1.55 bits per heavy atom. The van der Waals surface area contributed by atoms with Crippen LogP contribution in [-0.4, -0.2) is 16.5 Å². The van der Waals surface area contributed by atoms with Gasteiger partial charge in [-0.2, -0.15) is 0 Å². The van der Waals surface area contributed by atoms with Gasteiger partial charge >= 0.3 is 0 Å². The molecule has 0 unspecified atom stereocenters. The molecule has 0 radical (unpaired) electrons. The largest absolute Gasteiger partial charge is 0.529 e. The Morgan fingerprint density at radius 2 is 2.27 bits per heavy atom. The third-order valence-electron chi connectivity index (χ3n) is 1.40. The van der Waals surface area contributed by atoms with Crippen LogP contribution in [-0.2, 0) is 9.22 Å². The molecule has 0 spiro atoms. The molecule has 3 heteroatoms. The summed E-state index contributed by atoms with van der Waals surface area (Å²) in [6.07, 6.45) is 7.85. The number of hydrogen-bond acceptors (Lipinski definition) is 2. The summed E-state index contributed by atoms with van der Waals surface area (Å²) in [6.45, 7) is 2.15. The van der Waals surface area contributed by atoms with Gasteiger partial charge in [-0.05, 0) is 6.42 Å². The molecule has 0 atom stereocenters. The Labute approximate surface area is 71.2 Å². The van der Waals surface area contributed by atoms with Crippen LogP contribution in [0.25, 0.3) is 0 Å². The first-order chi connectivity index (χ1) is 5.31.